The summed E-state index contributed by atoms with van der Waals surface area (Å²) in [5, 5.41) is 2.85. The van der Waals surface area contributed by atoms with Crippen LogP contribution in [0.25, 0.3) is 0 Å². The lowest BCUT2D eigenvalue weighted by atomic mass is 10.2. The highest BCUT2D eigenvalue weighted by atomic mass is 127. The Hall–Kier alpha value is -1.58. The molecule has 0 spiro atoms. The molecule has 0 aliphatic heterocycles. The molecule has 0 unspecified atom stereocenters. The summed E-state index contributed by atoms with van der Waals surface area (Å²) in [7, 11) is 1.44. The molecule has 1 rings (SSSR count). The van der Waals surface area contributed by atoms with Crippen LogP contribution in [0.3, 0.4) is 0 Å². The molecule has 0 heterocycles. The van der Waals surface area contributed by atoms with Crippen molar-refractivity contribution in [2.75, 3.05) is 13.7 Å². The van der Waals surface area contributed by atoms with Crippen molar-refractivity contribution in [1.82, 2.24) is 5.32 Å². The monoisotopic (exact) mass is 427 g/mol. The molecule has 0 aromatic heterocycles. The summed E-state index contributed by atoms with van der Waals surface area (Å²) in [6.45, 7) is 3.26. The molecule has 0 aliphatic carbocycles. The maximum absolute atomic E-state index is 12.4. The smallest absolute Gasteiger partial charge is 0.387 e. The molecule has 0 saturated carbocycles. The van der Waals surface area contributed by atoms with E-state index in [1.54, 1.807) is 12.1 Å². The van der Waals surface area contributed by atoms with Crippen LogP contribution in [0.1, 0.15) is 12.5 Å². The molecule has 0 radical (unpaired) electrons. The second-order valence-electron chi connectivity index (χ2n) is 4.36. The van der Waals surface area contributed by atoms with Gasteiger partial charge in [0, 0.05) is 18.2 Å². The first-order chi connectivity index (χ1) is 9.92. The van der Waals surface area contributed by atoms with E-state index in [1.807, 2.05) is 6.92 Å². The zero-order valence-corrected chi connectivity index (χ0v) is 14.8. The molecule has 0 atom stereocenters. The quantitative estimate of drug-likeness (QED) is 0.304. The predicted octanol–water partition coefficient (Wildman–Crippen LogP) is 2.90. The Kier molecular flexibility index (Phi) is 9.46. The second kappa shape index (κ2) is 10.2. The van der Waals surface area contributed by atoms with Gasteiger partial charge in [-0.15, -0.1) is 24.0 Å². The maximum Gasteiger partial charge on any atom is 0.387 e. The van der Waals surface area contributed by atoms with Gasteiger partial charge in [0.25, 0.3) is 0 Å². The molecule has 0 fully saturated rings. The summed E-state index contributed by atoms with van der Waals surface area (Å²) in [6.07, 6.45) is 0. The Morgan fingerprint density at radius 3 is 2.68 bits per heavy atom. The average Bonchev–Trinajstić information content (AvgIpc) is 2.42. The minimum atomic E-state index is -2.92. The Morgan fingerprint density at radius 1 is 1.45 bits per heavy atom. The fourth-order valence-electron chi connectivity index (χ4n) is 1.47. The zero-order valence-electron chi connectivity index (χ0n) is 12.4. The summed E-state index contributed by atoms with van der Waals surface area (Å²) < 4.78 is 34.2. The standard InChI is InChI=1S/C14H19F2N3O2.HI/c1-9(2)7-18-14(17)19-8-10-4-5-11(20-3)6-12(10)21-13(15)16;/h4-6,13H,1,7-8H2,2-3H3,(H3,17,18,19);1H. The number of nitrogens with two attached hydrogens (primary N) is 1. The van der Waals surface area contributed by atoms with Gasteiger partial charge in [-0.2, -0.15) is 8.78 Å². The molecule has 124 valence electrons. The number of nitrogens with zero attached hydrogens (tertiary/aromatic N) is 1. The summed E-state index contributed by atoms with van der Waals surface area (Å²) in [4.78, 5) is 4.07. The van der Waals surface area contributed by atoms with Gasteiger partial charge in [0.15, 0.2) is 5.96 Å². The van der Waals surface area contributed by atoms with E-state index >= 15 is 0 Å². The van der Waals surface area contributed by atoms with E-state index in [9.17, 15) is 8.78 Å². The second-order valence-corrected chi connectivity index (χ2v) is 4.36. The molecule has 5 nitrogen and oxygen atoms in total. The van der Waals surface area contributed by atoms with Crippen LogP contribution in [0.2, 0.25) is 0 Å². The van der Waals surface area contributed by atoms with Crippen molar-refractivity contribution in [3.05, 3.63) is 35.9 Å². The third-order valence-electron chi connectivity index (χ3n) is 2.48. The van der Waals surface area contributed by atoms with Gasteiger partial charge >= 0.3 is 6.61 Å². The number of benzene rings is 1. The first-order valence-corrected chi connectivity index (χ1v) is 6.22. The molecule has 22 heavy (non-hydrogen) atoms. The molecule has 8 heteroatoms. The van der Waals surface area contributed by atoms with Crippen LogP contribution in [0, 0.1) is 0 Å². The number of guanidine groups is 1. The van der Waals surface area contributed by atoms with Gasteiger partial charge in [0.05, 0.1) is 13.7 Å². The van der Waals surface area contributed by atoms with Gasteiger partial charge in [-0.05, 0) is 19.1 Å². The maximum atomic E-state index is 12.4. The number of methoxy groups -OCH3 is 1. The number of aliphatic imine (C=N–C) groups is 1. The normalized spacial score (nSPS) is 10.9. The molecule has 0 aliphatic rings. The Morgan fingerprint density at radius 2 is 2.14 bits per heavy atom. The molecular formula is C14H20F2IN3O2. The number of hydrogen-bond donors (Lipinski definition) is 2. The van der Waals surface area contributed by atoms with Crippen molar-refractivity contribution in [1.29, 1.82) is 0 Å². The zero-order chi connectivity index (χ0) is 15.8. The van der Waals surface area contributed by atoms with Crippen LogP contribution in [-0.2, 0) is 6.54 Å². The highest BCUT2D eigenvalue weighted by Crippen LogP contribution is 2.26. The summed E-state index contributed by atoms with van der Waals surface area (Å²) in [5.74, 6) is 0.643. The van der Waals surface area contributed by atoms with Gasteiger partial charge in [-0.1, -0.05) is 12.2 Å². The fourth-order valence-corrected chi connectivity index (χ4v) is 1.47. The van der Waals surface area contributed by atoms with Gasteiger partial charge in [-0.25, -0.2) is 4.99 Å². The number of ether oxygens (including phenoxy) is 2. The largest absolute Gasteiger partial charge is 0.497 e. The minimum Gasteiger partial charge on any atom is -0.497 e. The first-order valence-electron chi connectivity index (χ1n) is 6.22. The number of rotatable bonds is 7. The third kappa shape index (κ3) is 7.43. The number of hydrogen-bond acceptors (Lipinski definition) is 3. The minimum absolute atomic E-state index is 0. The predicted molar refractivity (Wildman–Crippen MR) is 93.2 cm³/mol. The van der Waals surface area contributed by atoms with Crippen molar-refractivity contribution in [3.8, 4) is 11.5 Å². The molecule has 0 bridgehead atoms. The van der Waals surface area contributed by atoms with Crippen LogP contribution >= 0.6 is 24.0 Å². The molecule has 0 saturated heterocycles. The highest BCUT2D eigenvalue weighted by Gasteiger charge is 2.11. The van der Waals surface area contributed by atoms with Crippen LogP contribution in [0.4, 0.5) is 8.78 Å². The van der Waals surface area contributed by atoms with Gasteiger partial charge in [0.1, 0.15) is 11.5 Å². The molecule has 3 N–H and O–H groups in total. The first kappa shape index (κ1) is 20.4. The Balaban J connectivity index is 0.00000441. The van der Waals surface area contributed by atoms with Gasteiger partial charge < -0.3 is 20.5 Å². The Bertz CT molecular complexity index is 525. The lowest BCUT2D eigenvalue weighted by molar-refractivity contribution is -0.0505. The van der Waals surface area contributed by atoms with Crippen molar-refractivity contribution in [2.24, 2.45) is 10.7 Å². The number of alkyl halides is 2. The molecule has 1 aromatic rings. The van der Waals surface area contributed by atoms with Crippen LogP contribution < -0.4 is 20.5 Å². The van der Waals surface area contributed by atoms with Crippen LogP contribution in [0.15, 0.2) is 35.3 Å². The molecule has 1 aromatic carbocycles. The van der Waals surface area contributed by atoms with E-state index in [1.165, 1.54) is 13.2 Å². The van der Waals surface area contributed by atoms with E-state index in [4.69, 9.17) is 10.5 Å². The summed E-state index contributed by atoms with van der Waals surface area (Å²) >= 11 is 0. The van der Waals surface area contributed by atoms with Gasteiger partial charge in [0.2, 0.25) is 0 Å². The van der Waals surface area contributed by atoms with E-state index in [0.29, 0.717) is 17.9 Å². The van der Waals surface area contributed by atoms with Crippen molar-refractivity contribution >= 4 is 29.9 Å². The Labute approximate surface area is 145 Å². The van der Waals surface area contributed by atoms with Crippen LogP contribution in [-0.4, -0.2) is 26.2 Å². The van der Waals surface area contributed by atoms with E-state index in [2.05, 4.69) is 21.6 Å². The average molecular weight is 427 g/mol. The van der Waals surface area contributed by atoms with Crippen molar-refractivity contribution in [2.45, 2.75) is 20.1 Å². The SMILES string of the molecule is C=C(C)CNC(N)=NCc1ccc(OC)cc1OC(F)F.I. The number of nitrogens with one attached hydrogen (secondary N) is 1. The molecule has 0 amide bonds. The lowest BCUT2D eigenvalue weighted by Crippen LogP contribution is -2.32. The van der Waals surface area contributed by atoms with E-state index in [0.717, 1.165) is 5.57 Å². The van der Waals surface area contributed by atoms with Crippen LogP contribution in [0.5, 0.6) is 11.5 Å². The van der Waals surface area contributed by atoms with E-state index < -0.39 is 6.61 Å². The third-order valence-corrected chi connectivity index (χ3v) is 2.48. The van der Waals surface area contributed by atoms with E-state index in [-0.39, 0.29) is 42.2 Å². The topological polar surface area (TPSA) is 68.9 Å². The van der Waals surface area contributed by atoms with Crippen molar-refractivity contribution < 1.29 is 18.3 Å². The van der Waals surface area contributed by atoms with Crippen molar-refractivity contribution in [3.63, 3.8) is 0 Å². The summed E-state index contributed by atoms with van der Waals surface area (Å²) in [6, 6.07) is 4.63. The highest BCUT2D eigenvalue weighted by molar-refractivity contribution is 14.0. The number of halogens is 3. The lowest BCUT2D eigenvalue weighted by Gasteiger charge is -2.11. The van der Waals surface area contributed by atoms with Gasteiger partial charge in [-0.3, -0.25) is 0 Å². The fraction of sp³-hybridized carbons (Fsp3) is 0.357. The molecular weight excluding hydrogens is 407 g/mol. The summed E-state index contributed by atoms with van der Waals surface area (Å²) in [5.41, 5.74) is 7.05.